The first kappa shape index (κ1) is 19.6. The molecule has 1 aliphatic heterocycles. The Hall–Kier alpha value is -1.11. The molecule has 2 amide bonds. The summed E-state index contributed by atoms with van der Waals surface area (Å²) in [5, 5.41) is 0. The number of amides is 2. The van der Waals surface area contributed by atoms with Gasteiger partial charge in [-0.25, -0.2) is 8.42 Å². The summed E-state index contributed by atoms with van der Waals surface area (Å²) in [6.45, 7) is 8.40. The standard InChI is InChI=1S/C19H32N2O4S/c1-5-21(16(22)13-26(24,25)18(2,3)4)15-6-9-20(12-15)17(23)14-10-19(11-14)7-8-19/h14-15H,5-13H2,1-4H3. The van der Waals surface area contributed by atoms with E-state index in [2.05, 4.69) is 0 Å². The Balaban J connectivity index is 1.57. The molecule has 1 unspecified atom stereocenters. The van der Waals surface area contributed by atoms with E-state index in [1.54, 1.807) is 25.7 Å². The van der Waals surface area contributed by atoms with E-state index in [4.69, 9.17) is 0 Å². The molecule has 1 atom stereocenters. The summed E-state index contributed by atoms with van der Waals surface area (Å²) in [6, 6.07) is -0.0680. The maximum absolute atomic E-state index is 12.7. The normalized spacial score (nSPS) is 25.2. The average molecular weight is 385 g/mol. The maximum Gasteiger partial charge on any atom is 0.238 e. The fourth-order valence-electron chi connectivity index (χ4n) is 4.30. The molecule has 1 spiro atoms. The summed E-state index contributed by atoms with van der Waals surface area (Å²) in [6.07, 6.45) is 5.36. The molecule has 6 nitrogen and oxygen atoms in total. The van der Waals surface area contributed by atoms with Crippen molar-refractivity contribution in [3.05, 3.63) is 0 Å². The monoisotopic (exact) mass is 384 g/mol. The lowest BCUT2D eigenvalue weighted by Crippen LogP contribution is -2.48. The molecule has 1 saturated heterocycles. The van der Waals surface area contributed by atoms with Crippen molar-refractivity contribution >= 4 is 21.7 Å². The molecule has 0 aromatic heterocycles. The van der Waals surface area contributed by atoms with E-state index < -0.39 is 20.3 Å². The van der Waals surface area contributed by atoms with Gasteiger partial charge >= 0.3 is 0 Å². The number of nitrogens with zero attached hydrogens (tertiary/aromatic N) is 2. The Morgan fingerprint density at radius 2 is 1.81 bits per heavy atom. The van der Waals surface area contributed by atoms with Crippen molar-refractivity contribution in [3.63, 3.8) is 0 Å². The number of likely N-dealkylation sites (N-methyl/N-ethyl adjacent to an activating group) is 1. The Bertz CT molecular complexity index is 683. The maximum atomic E-state index is 12.7. The van der Waals surface area contributed by atoms with Gasteiger partial charge in [0.25, 0.3) is 0 Å². The Morgan fingerprint density at radius 1 is 1.19 bits per heavy atom. The summed E-state index contributed by atoms with van der Waals surface area (Å²) in [5.74, 6) is -0.402. The number of likely N-dealkylation sites (tertiary alicyclic amines) is 1. The Kier molecular flexibility index (Phi) is 4.91. The van der Waals surface area contributed by atoms with E-state index in [9.17, 15) is 18.0 Å². The summed E-state index contributed by atoms with van der Waals surface area (Å²) < 4.78 is 23.8. The molecule has 0 radical (unpaired) electrons. The quantitative estimate of drug-likeness (QED) is 0.725. The molecule has 3 rings (SSSR count). The third-order valence-electron chi connectivity index (χ3n) is 6.49. The van der Waals surface area contributed by atoms with E-state index in [1.165, 1.54) is 12.8 Å². The highest BCUT2D eigenvalue weighted by Gasteiger charge is 2.56. The van der Waals surface area contributed by atoms with E-state index in [0.29, 0.717) is 25.0 Å². The van der Waals surface area contributed by atoms with Crippen molar-refractivity contribution in [2.45, 2.75) is 70.6 Å². The summed E-state index contributed by atoms with van der Waals surface area (Å²) >= 11 is 0. The molecule has 0 aromatic rings. The van der Waals surface area contributed by atoms with E-state index in [0.717, 1.165) is 19.3 Å². The highest BCUT2D eigenvalue weighted by molar-refractivity contribution is 7.93. The molecule has 0 aromatic carbocycles. The number of rotatable bonds is 5. The van der Waals surface area contributed by atoms with Crippen molar-refractivity contribution in [2.75, 3.05) is 25.4 Å². The fourth-order valence-corrected chi connectivity index (χ4v) is 5.22. The fraction of sp³-hybridized carbons (Fsp3) is 0.895. The molecular formula is C19H32N2O4S. The zero-order valence-corrected chi connectivity index (χ0v) is 17.3. The largest absolute Gasteiger partial charge is 0.340 e. The van der Waals surface area contributed by atoms with E-state index in [1.807, 2.05) is 11.8 Å². The van der Waals surface area contributed by atoms with Gasteiger partial charge in [-0.2, -0.15) is 0 Å². The number of hydrogen-bond donors (Lipinski definition) is 0. The van der Waals surface area contributed by atoms with Gasteiger partial charge in [0.1, 0.15) is 5.75 Å². The minimum absolute atomic E-state index is 0.0680. The van der Waals surface area contributed by atoms with E-state index >= 15 is 0 Å². The van der Waals surface area contributed by atoms with Crippen LogP contribution in [0.5, 0.6) is 0 Å². The molecule has 2 saturated carbocycles. The van der Waals surface area contributed by atoms with Gasteiger partial charge in [0.05, 0.1) is 10.8 Å². The minimum atomic E-state index is -3.50. The van der Waals surface area contributed by atoms with Crippen LogP contribution in [0.15, 0.2) is 0 Å². The third-order valence-corrected chi connectivity index (χ3v) is 8.98. The summed E-state index contributed by atoms with van der Waals surface area (Å²) in [7, 11) is -3.50. The Labute approximate surface area is 157 Å². The molecular weight excluding hydrogens is 352 g/mol. The van der Waals surface area contributed by atoms with Crippen LogP contribution in [0, 0.1) is 11.3 Å². The first-order chi connectivity index (χ1) is 12.0. The van der Waals surface area contributed by atoms with Crippen molar-refractivity contribution in [2.24, 2.45) is 11.3 Å². The highest BCUT2D eigenvalue weighted by atomic mass is 32.2. The molecule has 0 N–H and O–H groups in total. The molecule has 7 heteroatoms. The SMILES string of the molecule is CCN(C(=O)CS(=O)(=O)C(C)(C)C)C1CCN(C(=O)C2CC3(CC3)C2)C1. The number of carbonyl (C=O) groups excluding carboxylic acids is 2. The smallest absolute Gasteiger partial charge is 0.238 e. The Morgan fingerprint density at radius 3 is 2.31 bits per heavy atom. The summed E-state index contributed by atoms with van der Waals surface area (Å²) in [5.41, 5.74) is 0.506. The molecule has 3 fully saturated rings. The van der Waals surface area contributed by atoms with Gasteiger partial charge in [0, 0.05) is 25.6 Å². The topological polar surface area (TPSA) is 74.8 Å². The lowest BCUT2D eigenvalue weighted by atomic mass is 9.71. The van der Waals surface area contributed by atoms with Gasteiger partial charge in [-0.1, -0.05) is 0 Å². The van der Waals surface area contributed by atoms with Gasteiger partial charge < -0.3 is 9.80 Å². The first-order valence-electron chi connectivity index (χ1n) is 9.79. The number of hydrogen-bond acceptors (Lipinski definition) is 4. The van der Waals surface area contributed by atoms with Crippen molar-refractivity contribution in [1.82, 2.24) is 9.80 Å². The van der Waals surface area contributed by atoms with Crippen molar-refractivity contribution < 1.29 is 18.0 Å². The molecule has 3 aliphatic rings. The third kappa shape index (κ3) is 3.64. The molecule has 2 aliphatic carbocycles. The molecule has 26 heavy (non-hydrogen) atoms. The van der Waals surface area contributed by atoms with Gasteiger partial charge in [0.2, 0.25) is 11.8 Å². The van der Waals surface area contributed by atoms with Crippen molar-refractivity contribution in [3.8, 4) is 0 Å². The van der Waals surface area contributed by atoms with Gasteiger partial charge in [0.15, 0.2) is 9.84 Å². The van der Waals surface area contributed by atoms with Crippen LogP contribution in [0.4, 0.5) is 0 Å². The lowest BCUT2D eigenvalue weighted by molar-refractivity contribution is -0.140. The average Bonchev–Trinajstić information content (AvgIpc) is 3.15. The number of sulfone groups is 1. The zero-order chi connectivity index (χ0) is 19.3. The van der Waals surface area contributed by atoms with Crippen LogP contribution in [0.3, 0.4) is 0 Å². The van der Waals surface area contributed by atoms with Gasteiger partial charge in [-0.3, -0.25) is 9.59 Å². The van der Waals surface area contributed by atoms with Crippen LogP contribution in [-0.2, 0) is 19.4 Å². The minimum Gasteiger partial charge on any atom is -0.340 e. The van der Waals surface area contributed by atoms with Crippen LogP contribution >= 0.6 is 0 Å². The predicted octanol–water partition coefficient (Wildman–Crippen LogP) is 1.84. The lowest BCUT2D eigenvalue weighted by Gasteiger charge is -2.37. The first-order valence-corrected chi connectivity index (χ1v) is 11.4. The molecule has 0 bridgehead atoms. The zero-order valence-electron chi connectivity index (χ0n) is 16.5. The second-order valence-corrected chi connectivity index (χ2v) is 12.1. The second-order valence-electron chi connectivity index (χ2n) is 9.38. The van der Waals surface area contributed by atoms with Crippen LogP contribution in [0.25, 0.3) is 0 Å². The predicted molar refractivity (Wildman–Crippen MR) is 100 cm³/mol. The van der Waals surface area contributed by atoms with Crippen LogP contribution < -0.4 is 0 Å². The number of carbonyl (C=O) groups is 2. The molecule has 1 heterocycles. The van der Waals surface area contributed by atoms with E-state index in [-0.39, 0.29) is 23.8 Å². The van der Waals surface area contributed by atoms with Crippen LogP contribution in [-0.4, -0.2) is 66.2 Å². The van der Waals surface area contributed by atoms with Crippen LogP contribution in [0.2, 0.25) is 0 Å². The van der Waals surface area contributed by atoms with Gasteiger partial charge in [-0.15, -0.1) is 0 Å². The highest BCUT2D eigenvalue weighted by Crippen LogP contribution is 2.63. The van der Waals surface area contributed by atoms with Crippen LogP contribution in [0.1, 0.15) is 59.8 Å². The van der Waals surface area contributed by atoms with Gasteiger partial charge in [-0.05, 0) is 65.2 Å². The molecule has 148 valence electrons. The second kappa shape index (κ2) is 6.50. The summed E-state index contributed by atoms with van der Waals surface area (Å²) in [4.78, 5) is 28.8. The van der Waals surface area contributed by atoms with Crippen molar-refractivity contribution in [1.29, 1.82) is 0 Å².